The molecule has 2 heterocycles. The molecule has 1 aliphatic heterocycles. The van der Waals surface area contributed by atoms with Crippen LogP contribution in [0.4, 0.5) is 0 Å². The number of carboxylic acids is 1. The first-order valence-corrected chi connectivity index (χ1v) is 6.51. The third-order valence-electron chi connectivity index (χ3n) is 2.75. The maximum Gasteiger partial charge on any atom is 0.375 e. The van der Waals surface area contributed by atoms with Crippen LogP contribution >= 0.6 is 0 Å². The van der Waals surface area contributed by atoms with Gasteiger partial charge in [-0.1, -0.05) is 6.92 Å². The molecular formula is C8H11N3O4S. The number of nitrogens with one attached hydrogen (secondary N) is 1. The number of nitrogens with zero attached hydrogens (tertiary/aromatic N) is 2. The average molecular weight is 245 g/mol. The smallest absolute Gasteiger partial charge is 0.375 e. The lowest BCUT2D eigenvalue weighted by Crippen LogP contribution is -2.25. The van der Waals surface area contributed by atoms with Crippen LogP contribution in [0.3, 0.4) is 0 Å². The number of H-pyrrole nitrogens is 1. The van der Waals surface area contributed by atoms with Crippen LogP contribution < -0.4 is 0 Å². The summed E-state index contributed by atoms with van der Waals surface area (Å²) in [4.78, 5) is 14.4. The Hall–Kier alpha value is -1.44. The van der Waals surface area contributed by atoms with Gasteiger partial charge in [0.2, 0.25) is 0 Å². The molecule has 0 bridgehead atoms. The van der Waals surface area contributed by atoms with E-state index in [4.69, 9.17) is 5.11 Å². The Balaban J connectivity index is 2.34. The lowest BCUT2D eigenvalue weighted by Gasteiger charge is -2.17. The van der Waals surface area contributed by atoms with Crippen molar-refractivity contribution < 1.29 is 18.3 Å². The highest BCUT2D eigenvalue weighted by atomic mass is 32.2. The Morgan fingerprint density at radius 1 is 1.56 bits per heavy atom. The van der Waals surface area contributed by atoms with E-state index in [1.54, 1.807) is 6.92 Å². The lowest BCUT2D eigenvalue weighted by atomic mass is 9.89. The van der Waals surface area contributed by atoms with Crippen LogP contribution in [-0.2, 0) is 15.3 Å². The number of aromatic carboxylic acids is 1. The fourth-order valence-corrected chi connectivity index (χ4v) is 3.98. The lowest BCUT2D eigenvalue weighted by molar-refractivity contribution is 0.0684. The first-order chi connectivity index (χ1) is 7.32. The Morgan fingerprint density at radius 2 is 2.25 bits per heavy atom. The van der Waals surface area contributed by atoms with E-state index < -0.39 is 21.2 Å². The van der Waals surface area contributed by atoms with Gasteiger partial charge < -0.3 is 5.11 Å². The molecule has 1 saturated heterocycles. The summed E-state index contributed by atoms with van der Waals surface area (Å²) in [6, 6.07) is 0. The summed E-state index contributed by atoms with van der Waals surface area (Å²) in [6.07, 6.45) is 0.434. The highest BCUT2D eigenvalue weighted by molar-refractivity contribution is 7.91. The van der Waals surface area contributed by atoms with Crippen molar-refractivity contribution in [2.24, 2.45) is 0 Å². The zero-order chi connectivity index (χ0) is 12.0. The molecule has 2 rings (SSSR count). The summed E-state index contributed by atoms with van der Waals surface area (Å²) < 4.78 is 22.8. The second-order valence-electron chi connectivity index (χ2n) is 4.22. The van der Waals surface area contributed by atoms with Gasteiger partial charge in [0.25, 0.3) is 5.82 Å². The minimum atomic E-state index is -3.05. The molecule has 1 aromatic rings. The average Bonchev–Trinajstić information content (AvgIpc) is 2.71. The van der Waals surface area contributed by atoms with Crippen molar-refractivity contribution in [1.29, 1.82) is 0 Å². The van der Waals surface area contributed by atoms with Crippen molar-refractivity contribution in [3.8, 4) is 0 Å². The fourth-order valence-electron chi connectivity index (χ4n) is 1.82. The van der Waals surface area contributed by atoms with Crippen molar-refractivity contribution in [3.63, 3.8) is 0 Å². The predicted molar refractivity (Wildman–Crippen MR) is 54.0 cm³/mol. The van der Waals surface area contributed by atoms with E-state index in [-0.39, 0.29) is 17.3 Å². The summed E-state index contributed by atoms with van der Waals surface area (Å²) in [5.74, 6) is -1.15. The minimum absolute atomic E-state index is 0.0196. The van der Waals surface area contributed by atoms with Crippen molar-refractivity contribution >= 4 is 15.8 Å². The van der Waals surface area contributed by atoms with E-state index >= 15 is 0 Å². The fraction of sp³-hybridized carbons (Fsp3) is 0.625. The molecule has 1 aliphatic rings. The zero-order valence-corrected chi connectivity index (χ0v) is 9.41. The Bertz CT molecular complexity index is 535. The first-order valence-electron chi connectivity index (χ1n) is 4.69. The number of carboxylic acid groups (broad SMARTS) is 1. The van der Waals surface area contributed by atoms with Gasteiger partial charge in [0.15, 0.2) is 9.84 Å². The third kappa shape index (κ3) is 1.80. The molecule has 0 radical (unpaired) electrons. The van der Waals surface area contributed by atoms with Crippen LogP contribution in [0, 0.1) is 0 Å². The Labute approximate surface area is 91.8 Å². The minimum Gasteiger partial charge on any atom is -0.475 e. The SMILES string of the molecule is CC1(c2nc(C(=O)O)n[nH]2)CCS(=O)(=O)C1. The zero-order valence-electron chi connectivity index (χ0n) is 8.60. The molecular weight excluding hydrogens is 234 g/mol. The largest absolute Gasteiger partial charge is 0.475 e. The molecule has 0 amide bonds. The summed E-state index contributed by atoms with van der Waals surface area (Å²) in [5, 5.41) is 14.7. The topological polar surface area (TPSA) is 113 Å². The van der Waals surface area contributed by atoms with Gasteiger partial charge >= 0.3 is 5.97 Å². The van der Waals surface area contributed by atoms with Crippen molar-refractivity contribution in [3.05, 3.63) is 11.6 Å². The predicted octanol–water partition coefficient (Wildman–Crippen LogP) is -0.421. The van der Waals surface area contributed by atoms with Crippen LogP contribution in [0.5, 0.6) is 0 Å². The van der Waals surface area contributed by atoms with Crippen molar-refractivity contribution in [2.75, 3.05) is 11.5 Å². The molecule has 16 heavy (non-hydrogen) atoms. The van der Waals surface area contributed by atoms with Gasteiger partial charge in [-0.15, -0.1) is 5.10 Å². The van der Waals surface area contributed by atoms with Crippen LogP contribution in [0.1, 0.15) is 29.8 Å². The van der Waals surface area contributed by atoms with Gasteiger partial charge in [-0.3, -0.25) is 5.10 Å². The molecule has 1 fully saturated rings. The number of sulfone groups is 1. The summed E-state index contributed by atoms with van der Waals surface area (Å²) in [5.41, 5.74) is -0.653. The molecule has 0 saturated carbocycles. The standard InChI is InChI=1S/C8H11N3O4S/c1-8(2-3-16(14,15)4-8)7-9-5(6(12)13)10-11-7/h2-4H2,1H3,(H,12,13)(H,9,10,11). The van der Waals surface area contributed by atoms with Gasteiger partial charge in [-0.05, 0) is 6.42 Å². The molecule has 88 valence electrons. The number of rotatable bonds is 2. The van der Waals surface area contributed by atoms with Crippen molar-refractivity contribution in [1.82, 2.24) is 15.2 Å². The normalized spacial score (nSPS) is 28.1. The van der Waals surface area contributed by atoms with Gasteiger partial charge in [-0.25, -0.2) is 18.2 Å². The maximum absolute atomic E-state index is 11.4. The third-order valence-corrected chi connectivity index (χ3v) is 4.65. The number of aromatic amines is 1. The van der Waals surface area contributed by atoms with Crippen molar-refractivity contribution in [2.45, 2.75) is 18.8 Å². The summed E-state index contributed by atoms with van der Waals surface area (Å²) in [7, 11) is -3.05. The molecule has 7 nitrogen and oxygen atoms in total. The molecule has 1 atom stereocenters. The van der Waals surface area contributed by atoms with Gasteiger partial charge in [-0.2, -0.15) is 0 Å². The molecule has 0 aromatic carbocycles. The molecule has 2 N–H and O–H groups in total. The van der Waals surface area contributed by atoms with E-state index in [1.807, 2.05) is 0 Å². The van der Waals surface area contributed by atoms with Gasteiger partial charge in [0.1, 0.15) is 5.82 Å². The molecule has 1 unspecified atom stereocenters. The number of aromatic nitrogens is 3. The second kappa shape index (κ2) is 3.27. The molecule has 0 aliphatic carbocycles. The second-order valence-corrected chi connectivity index (χ2v) is 6.40. The van der Waals surface area contributed by atoms with Gasteiger partial charge in [0.05, 0.1) is 11.5 Å². The molecule has 1 aromatic heterocycles. The van der Waals surface area contributed by atoms with Crippen LogP contribution in [-0.4, -0.2) is 46.2 Å². The summed E-state index contributed by atoms with van der Waals surface area (Å²) in [6.45, 7) is 1.74. The van der Waals surface area contributed by atoms with Crippen LogP contribution in [0.25, 0.3) is 0 Å². The van der Waals surface area contributed by atoms with E-state index in [1.165, 1.54) is 0 Å². The first kappa shape index (κ1) is 11.1. The molecule has 0 spiro atoms. The number of hydrogen-bond donors (Lipinski definition) is 2. The highest BCUT2D eigenvalue weighted by Crippen LogP contribution is 2.33. The van der Waals surface area contributed by atoms with E-state index in [2.05, 4.69) is 15.2 Å². The maximum atomic E-state index is 11.4. The number of hydrogen-bond acceptors (Lipinski definition) is 5. The summed E-state index contributed by atoms with van der Waals surface area (Å²) >= 11 is 0. The number of carbonyl (C=O) groups is 1. The van der Waals surface area contributed by atoms with Crippen LogP contribution in [0.15, 0.2) is 0 Å². The van der Waals surface area contributed by atoms with E-state index in [0.29, 0.717) is 12.2 Å². The Kier molecular flexibility index (Phi) is 2.26. The Morgan fingerprint density at radius 3 is 2.69 bits per heavy atom. The molecule has 8 heteroatoms. The van der Waals surface area contributed by atoms with E-state index in [9.17, 15) is 13.2 Å². The van der Waals surface area contributed by atoms with Crippen LogP contribution in [0.2, 0.25) is 0 Å². The highest BCUT2D eigenvalue weighted by Gasteiger charge is 2.42. The van der Waals surface area contributed by atoms with E-state index in [0.717, 1.165) is 0 Å². The van der Waals surface area contributed by atoms with Gasteiger partial charge in [0, 0.05) is 5.41 Å². The quantitative estimate of drug-likeness (QED) is 0.731. The monoisotopic (exact) mass is 245 g/mol.